The van der Waals surface area contributed by atoms with Gasteiger partial charge >= 0.3 is 11.9 Å². The second kappa shape index (κ2) is 28.7. The lowest BCUT2D eigenvalue weighted by Gasteiger charge is -2.51. The summed E-state index contributed by atoms with van der Waals surface area (Å²) in [6.07, 6.45) is 35.2. The number of nitrogens with zero attached hydrogens (tertiary/aromatic N) is 1. The minimum absolute atomic E-state index is 0.114. The van der Waals surface area contributed by atoms with E-state index in [1.165, 1.54) is 128 Å². The van der Waals surface area contributed by atoms with Crippen LogP contribution in [0, 0.1) is 0 Å². The molecular formula is C41H82NO5+. The van der Waals surface area contributed by atoms with E-state index < -0.39 is 27.7 Å². The van der Waals surface area contributed by atoms with Gasteiger partial charge in [0.1, 0.15) is 6.54 Å². The number of rotatable bonds is 36. The molecule has 280 valence electrons. The smallest absolute Gasteiger partial charge is 0.368 e. The fourth-order valence-electron chi connectivity index (χ4n) is 7.59. The van der Waals surface area contributed by atoms with Crippen LogP contribution in [0.25, 0.3) is 0 Å². The fourth-order valence-corrected chi connectivity index (χ4v) is 7.59. The first-order valence-electron chi connectivity index (χ1n) is 20.6. The zero-order valence-corrected chi connectivity index (χ0v) is 32.2. The molecule has 0 aliphatic carbocycles. The highest BCUT2D eigenvalue weighted by Gasteiger charge is 2.65. The Hall–Kier alpha value is -1.14. The van der Waals surface area contributed by atoms with E-state index >= 15 is 0 Å². The third-order valence-electron chi connectivity index (χ3n) is 11.1. The van der Waals surface area contributed by atoms with Crippen molar-refractivity contribution in [3.05, 3.63) is 0 Å². The first-order valence-corrected chi connectivity index (χ1v) is 20.6. The molecule has 0 amide bonds. The first kappa shape index (κ1) is 45.9. The van der Waals surface area contributed by atoms with Crippen molar-refractivity contribution < 1.29 is 29.7 Å². The van der Waals surface area contributed by atoms with Crippen LogP contribution in [-0.2, 0) is 9.59 Å². The molecule has 2 unspecified atom stereocenters. The van der Waals surface area contributed by atoms with Gasteiger partial charge in [0.25, 0.3) is 0 Å². The summed E-state index contributed by atoms with van der Waals surface area (Å²) in [6, 6.07) is 0. The molecule has 0 bridgehead atoms. The number of hydrogen-bond donors (Lipinski definition) is 3. The van der Waals surface area contributed by atoms with Gasteiger partial charge in [-0.15, -0.1) is 0 Å². The van der Waals surface area contributed by atoms with Crippen LogP contribution in [0.5, 0.6) is 0 Å². The van der Waals surface area contributed by atoms with E-state index in [4.69, 9.17) is 0 Å². The summed E-state index contributed by atoms with van der Waals surface area (Å²) in [4.78, 5) is 25.6. The van der Waals surface area contributed by atoms with Crippen molar-refractivity contribution in [3.63, 3.8) is 0 Å². The standard InChI is InChI=1S/C41H81NO5/c1-6-9-11-13-15-17-19-21-23-25-27-29-31-33-35-40(4,38(43)44)42(47,37-8-3)41(5,39(45)46)36-34-32-30-28-26-24-22-20-18-16-14-12-10-7-2/h47H,6-37H2,1-5H3,(H-,43,44,45,46)/p+1. The molecule has 0 radical (unpaired) electrons. The Kier molecular flexibility index (Phi) is 28.0. The average molecular weight is 669 g/mol. The van der Waals surface area contributed by atoms with Crippen molar-refractivity contribution >= 4 is 11.9 Å². The fraction of sp³-hybridized carbons (Fsp3) is 0.951. The minimum Gasteiger partial charge on any atom is -0.477 e. The molecule has 0 aromatic rings. The van der Waals surface area contributed by atoms with Crippen molar-refractivity contribution in [1.82, 2.24) is 0 Å². The van der Waals surface area contributed by atoms with Gasteiger partial charge in [-0.3, -0.25) is 0 Å². The highest BCUT2D eigenvalue weighted by Crippen LogP contribution is 2.41. The van der Waals surface area contributed by atoms with E-state index in [1.807, 2.05) is 6.92 Å². The molecule has 0 saturated carbocycles. The van der Waals surface area contributed by atoms with Gasteiger partial charge in [0.15, 0.2) is 0 Å². The Balaban J connectivity index is 4.69. The van der Waals surface area contributed by atoms with E-state index in [0.29, 0.717) is 19.3 Å². The first-order chi connectivity index (χ1) is 22.6. The predicted molar refractivity (Wildman–Crippen MR) is 199 cm³/mol. The molecule has 0 fully saturated rings. The zero-order valence-electron chi connectivity index (χ0n) is 32.2. The molecule has 6 heteroatoms. The molecule has 0 saturated heterocycles. The van der Waals surface area contributed by atoms with Gasteiger partial charge < -0.3 is 10.2 Å². The number of unbranched alkanes of at least 4 members (excludes halogenated alkanes) is 26. The molecular weight excluding hydrogens is 586 g/mol. The molecule has 0 aromatic carbocycles. The summed E-state index contributed by atoms with van der Waals surface area (Å²) < 4.78 is -0.932. The van der Waals surface area contributed by atoms with Crippen molar-refractivity contribution in [2.45, 2.75) is 245 Å². The van der Waals surface area contributed by atoms with Crippen LogP contribution in [0.3, 0.4) is 0 Å². The molecule has 47 heavy (non-hydrogen) atoms. The molecule has 0 aromatic heterocycles. The van der Waals surface area contributed by atoms with E-state index in [-0.39, 0.29) is 19.4 Å². The maximum absolute atomic E-state index is 12.8. The Morgan fingerprint density at radius 3 is 0.809 bits per heavy atom. The molecule has 2 atom stereocenters. The molecule has 0 rings (SSSR count). The van der Waals surface area contributed by atoms with Gasteiger partial charge in [0, 0.05) is 26.7 Å². The van der Waals surface area contributed by atoms with Crippen LogP contribution in [0.15, 0.2) is 0 Å². The molecule has 0 aliphatic heterocycles. The van der Waals surface area contributed by atoms with Crippen molar-refractivity contribution in [1.29, 1.82) is 0 Å². The summed E-state index contributed by atoms with van der Waals surface area (Å²) in [5, 5.41) is 33.1. The lowest BCUT2D eigenvalue weighted by Crippen LogP contribution is -2.76. The van der Waals surface area contributed by atoms with Gasteiger partial charge in [-0.25, -0.2) is 14.8 Å². The monoisotopic (exact) mass is 669 g/mol. The molecule has 0 heterocycles. The van der Waals surface area contributed by atoms with Crippen LogP contribution in [0.2, 0.25) is 0 Å². The maximum Gasteiger partial charge on any atom is 0.368 e. The van der Waals surface area contributed by atoms with Gasteiger partial charge in [0.2, 0.25) is 11.1 Å². The lowest BCUT2D eigenvalue weighted by atomic mass is 9.82. The maximum atomic E-state index is 12.8. The van der Waals surface area contributed by atoms with Crippen LogP contribution in [0.4, 0.5) is 0 Å². The van der Waals surface area contributed by atoms with Gasteiger partial charge in [0.05, 0.1) is 0 Å². The van der Waals surface area contributed by atoms with E-state index in [2.05, 4.69) is 13.8 Å². The number of carboxylic acid groups (broad SMARTS) is 2. The molecule has 6 nitrogen and oxygen atoms in total. The molecule has 0 spiro atoms. The highest BCUT2D eigenvalue weighted by atomic mass is 16.6. The predicted octanol–water partition coefficient (Wildman–Crippen LogP) is 13.0. The summed E-state index contributed by atoms with van der Waals surface area (Å²) in [7, 11) is 0. The van der Waals surface area contributed by atoms with E-state index in [1.54, 1.807) is 13.8 Å². The lowest BCUT2D eigenvalue weighted by molar-refractivity contribution is -1.16. The third kappa shape index (κ3) is 18.4. The van der Waals surface area contributed by atoms with Gasteiger partial charge in [-0.05, 0) is 19.3 Å². The van der Waals surface area contributed by atoms with Crippen LogP contribution in [-0.4, -0.2) is 49.6 Å². The Bertz CT molecular complexity index is 702. The number of carboxylic acids is 2. The van der Waals surface area contributed by atoms with Crippen LogP contribution >= 0.6 is 0 Å². The van der Waals surface area contributed by atoms with Gasteiger partial charge in [-0.1, -0.05) is 188 Å². The van der Waals surface area contributed by atoms with Crippen molar-refractivity contribution in [3.8, 4) is 0 Å². The van der Waals surface area contributed by atoms with E-state index in [9.17, 15) is 25.0 Å². The largest absolute Gasteiger partial charge is 0.477 e. The number of aliphatic carboxylic acids is 2. The average Bonchev–Trinajstić information content (AvgIpc) is 3.04. The topological polar surface area (TPSA) is 94.8 Å². The highest BCUT2D eigenvalue weighted by molar-refractivity contribution is 5.80. The molecule has 3 N–H and O–H groups in total. The SMILES string of the molecule is CCCCCCCCCCCCCCCCC(C)(C(=O)O)[N+](O)(CCC)C(C)(CCCCCCCCCCCCCCCC)C(=O)O. The number of carbonyl (C=O) groups is 2. The summed E-state index contributed by atoms with van der Waals surface area (Å²) >= 11 is 0. The number of hydroxylamine groups is 3. The Labute approximate surface area is 292 Å². The number of quaternary nitrogens is 1. The third-order valence-corrected chi connectivity index (χ3v) is 11.1. The van der Waals surface area contributed by atoms with Crippen molar-refractivity contribution in [2.75, 3.05) is 6.54 Å². The van der Waals surface area contributed by atoms with Crippen LogP contribution < -0.4 is 0 Å². The summed E-state index contributed by atoms with van der Waals surface area (Å²) in [5.74, 6) is -2.20. The Morgan fingerprint density at radius 1 is 0.404 bits per heavy atom. The quantitative estimate of drug-likeness (QED) is 0.0351. The zero-order chi connectivity index (χ0) is 35.3. The second-order valence-corrected chi connectivity index (χ2v) is 15.3. The molecule has 0 aliphatic rings. The summed E-state index contributed by atoms with van der Waals surface area (Å²) in [5.41, 5.74) is -3.15. The summed E-state index contributed by atoms with van der Waals surface area (Å²) in [6.45, 7) is 9.69. The van der Waals surface area contributed by atoms with E-state index in [0.717, 1.165) is 38.5 Å². The number of hydrogen-bond acceptors (Lipinski definition) is 3. The second-order valence-electron chi connectivity index (χ2n) is 15.3. The van der Waals surface area contributed by atoms with Gasteiger partial charge in [-0.2, -0.15) is 4.65 Å². The van der Waals surface area contributed by atoms with Crippen molar-refractivity contribution in [2.24, 2.45) is 0 Å². The normalized spacial score (nSPS) is 15.6. The minimum atomic E-state index is -1.57. The Morgan fingerprint density at radius 2 is 0.617 bits per heavy atom. The van der Waals surface area contributed by atoms with Crippen LogP contribution in [0.1, 0.15) is 234 Å².